The van der Waals surface area contributed by atoms with Crippen LogP contribution in [0.2, 0.25) is 0 Å². The molecule has 0 atom stereocenters. The molecule has 4 N–H and O–H groups in total. The number of aromatic nitrogens is 3. The van der Waals surface area contributed by atoms with E-state index >= 15 is 0 Å². The molecular weight excluding hydrogens is 514 g/mol. The second-order valence-electron chi connectivity index (χ2n) is 7.27. The van der Waals surface area contributed by atoms with Crippen LogP contribution in [0, 0.1) is 0 Å². The molecule has 1 aliphatic rings. The van der Waals surface area contributed by atoms with E-state index in [4.69, 9.17) is 4.55 Å². The molecule has 1 fully saturated rings. The molecule has 0 saturated carbocycles. The van der Waals surface area contributed by atoms with Gasteiger partial charge < -0.3 is 15.5 Å². The minimum absolute atomic E-state index is 0.0302. The van der Waals surface area contributed by atoms with Crippen LogP contribution in [0.4, 0.5) is 23.5 Å². The molecular formula is C16H23N7O8S3. The van der Waals surface area contributed by atoms with Crippen LogP contribution in [-0.2, 0) is 30.3 Å². The predicted molar refractivity (Wildman–Crippen MR) is 123 cm³/mol. The summed E-state index contributed by atoms with van der Waals surface area (Å²) in [5, 5.41) is 5.46. The summed E-state index contributed by atoms with van der Waals surface area (Å²) in [7, 11) is -12.0. The zero-order valence-corrected chi connectivity index (χ0v) is 20.3. The van der Waals surface area contributed by atoms with Crippen LogP contribution in [0.1, 0.15) is 0 Å². The first-order chi connectivity index (χ1) is 15.7. The van der Waals surface area contributed by atoms with Gasteiger partial charge in [0.25, 0.3) is 20.2 Å². The second kappa shape index (κ2) is 9.92. The smallest absolute Gasteiger partial charge is 0.294 e. The number of anilines is 4. The lowest BCUT2D eigenvalue weighted by Crippen LogP contribution is -2.49. The van der Waals surface area contributed by atoms with Crippen molar-refractivity contribution in [3.8, 4) is 0 Å². The maximum atomic E-state index is 11.8. The zero-order valence-electron chi connectivity index (χ0n) is 17.9. The van der Waals surface area contributed by atoms with Crippen molar-refractivity contribution in [1.29, 1.82) is 0 Å². The van der Waals surface area contributed by atoms with Crippen LogP contribution < -0.4 is 15.5 Å². The van der Waals surface area contributed by atoms with Crippen molar-refractivity contribution in [1.82, 2.24) is 19.3 Å². The molecule has 2 heterocycles. The molecule has 0 radical (unpaired) electrons. The number of benzene rings is 1. The molecule has 3 rings (SSSR count). The summed E-state index contributed by atoms with van der Waals surface area (Å²) < 4.78 is 87.8. The van der Waals surface area contributed by atoms with Crippen molar-refractivity contribution in [2.24, 2.45) is 0 Å². The van der Waals surface area contributed by atoms with Crippen LogP contribution in [0.15, 0.2) is 29.2 Å². The average Bonchev–Trinajstić information content (AvgIpc) is 2.72. The van der Waals surface area contributed by atoms with Gasteiger partial charge in [0.15, 0.2) is 0 Å². The highest BCUT2D eigenvalue weighted by atomic mass is 32.2. The van der Waals surface area contributed by atoms with Gasteiger partial charge in [-0.2, -0.15) is 36.1 Å². The first kappa shape index (κ1) is 26.0. The Morgan fingerprint density at radius 2 is 1.59 bits per heavy atom. The Kier molecular flexibility index (Phi) is 7.58. The lowest BCUT2D eigenvalue weighted by atomic mass is 10.3. The van der Waals surface area contributed by atoms with Gasteiger partial charge >= 0.3 is 0 Å². The van der Waals surface area contributed by atoms with Gasteiger partial charge in [-0.3, -0.25) is 9.11 Å². The Morgan fingerprint density at radius 1 is 0.941 bits per heavy atom. The molecule has 0 aliphatic carbocycles. The quantitative estimate of drug-likeness (QED) is 0.290. The Balaban J connectivity index is 1.87. The third-order valence-corrected chi connectivity index (χ3v) is 7.52. The van der Waals surface area contributed by atoms with Gasteiger partial charge in [-0.1, -0.05) is 6.07 Å². The molecule has 0 bridgehead atoms. The molecule has 1 aliphatic heterocycles. The summed E-state index contributed by atoms with van der Waals surface area (Å²) in [6, 6.07) is 5.26. The maximum Gasteiger partial charge on any atom is 0.294 e. The summed E-state index contributed by atoms with van der Waals surface area (Å²) >= 11 is 0. The Bertz CT molecular complexity index is 1360. The molecule has 0 amide bonds. The van der Waals surface area contributed by atoms with E-state index in [0.717, 1.165) is 12.3 Å². The summed E-state index contributed by atoms with van der Waals surface area (Å²) in [5.74, 6) is -0.504. The molecule has 0 unspecified atom stereocenters. The summed E-state index contributed by atoms with van der Waals surface area (Å²) in [6.07, 6.45) is 1.12. The number of piperazine rings is 1. The highest BCUT2D eigenvalue weighted by Crippen LogP contribution is 2.21. The molecule has 1 aromatic carbocycles. The Labute approximate surface area is 196 Å². The lowest BCUT2D eigenvalue weighted by Gasteiger charge is -2.33. The first-order valence-electron chi connectivity index (χ1n) is 9.70. The molecule has 34 heavy (non-hydrogen) atoms. The third kappa shape index (κ3) is 7.43. The summed E-state index contributed by atoms with van der Waals surface area (Å²) in [4.78, 5) is 14.0. The fraction of sp³-hybridized carbons (Fsp3) is 0.438. The van der Waals surface area contributed by atoms with Crippen molar-refractivity contribution in [2.45, 2.75) is 4.90 Å². The van der Waals surface area contributed by atoms with Crippen LogP contribution >= 0.6 is 0 Å². The number of sulfonamides is 1. The highest BCUT2D eigenvalue weighted by Gasteiger charge is 2.25. The number of rotatable bonds is 9. The number of hydrogen-bond donors (Lipinski definition) is 4. The molecule has 0 spiro atoms. The molecule has 18 heteroatoms. The van der Waals surface area contributed by atoms with Crippen molar-refractivity contribution >= 4 is 53.8 Å². The third-order valence-electron chi connectivity index (χ3n) is 4.65. The van der Waals surface area contributed by atoms with E-state index in [1.54, 1.807) is 4.90 Å². The molecule has 188 valence electrons. The minimum Gasteiger partial charge on any atom is -0.353 e. The van der Waals surface area contributed by atoms with Crippen molar-refractivity contribution in [2.75, 3.05) is 60.3 Å². The Hall–Kier alpha value is -2.64. The monoisotopic (exact) mass is 537 g/mol. The van der Waals surface area contributed by atoms with E-state index in [0.29, 0.717) is 0 Å². The summed E-state index contributed by atoms with van der Waals surface area (Å²) in [5.41, 5.74) is 0.234. The molecule has 1 saturated heterocycles. The molecule has 15 nitrogen and oxygen atoms in total. The van der Waals surface area contributed by atoms with Gasteiger partial charge in [0, 0.05) is 38.4 Å². The van der Waals surface area contributed by atoms with Crippen LogP contribution in [0.3, 0.4) is 0 Å². The first-order valence-corrected chi connectivity index (χ1v) is 14.6. The van der Waals surface area contributed by atoms with Gasteiger partial charge in [0.2, 0.25) is 27.9 Å². The number of hydrogen-bond acceptors (Lipinski definition) is 12. The van der Waals surface area contributed by atoms with E-state index in [-0.39, 0.29) is 61.2 Å². The van der Waals surface area contributed by atoms with Gasteiger partial charge in [-0.05, 0) is 18.2 Å². The average molecular weight is 538 g/mol. The number of nitrogens with zero attached hydrogens (tertiary/aromatic N) is 5. The number of nitrogens with one attached hydrogen (secondary N) is 2. The highest BCUT2D eigenvalue weighted by molar-refractivity contribution is 7.88. The van der Waals surface area contributed by atoms with Crippen LogP contribution in [0.5, 0.6) is 0 Å². The topological polar surface area (TPSA) is 212 Å². The van der Waals surface area contributed by atoms with E-state index in [9.17, 15) is 29.8 Å². The van der Waals surface area contributed by atoms with Gasteiger partial charge in [0.05, 0.1) is 16.9 Å². The Morgan fingerprint density at radius 3 is 2.18 bits per heavy atom. The zero-order chi connectivity index (χ0) is 25.1. The van der Waals surface area contributed by atoms with Gasteiger partial charge in [0.1, 0.15) is 0 Å². The maximum absolute atomic E-state index is 11.8. The molecule has 2 aromatic rings. The minimum atomic E-state index is -4.44. The van der Waals surface area contributed by atoms with Crippen LogP contribution in [-0.4, -0.2) is 98.3 Å². The molecule has 1 aromatic heterocycles. The SMILES string of the molecule is CS(=O)(=O)N1CCN(c2nc(NCCS(=O)(=O)O)nc(Nc3cccc(S(=O)(=O)O)c3)n2)CC1. The fourth-order valence-corrected chi connectivity index (χ4v) is 4.73. The normalized spacial score (nSPS) is 15.8. The van der Waals surface area contributed by atoms with Crippen molar-refractivity contribution in [3.63, 3.8) is 0 Å². The van der Waals surface area contributed by atoms with E-state index in [2.05, 4.69) is 25.6 Å². The van der Waals surface area contributed by atoms with Crippen LogP contribution in [0.25, 0.3) is 0 Å². The second-order valence-corrected chi connectivity index (χ2v) is 12.2. The van der Waals surface area contributed by atoms with Gasteiger partial charge in [-0.15, -0.1) is 0 Å². The predicted octanol–water partition coefficient (Wildman–Crippen LogP) is -0.757. The van der Waals surface area contributed by atoms with E-state index in [1.165, 1.54) is 22.5 Å². The van der Waals surface area contributed by atoms with E-state index in [1.807, 2.05) is 0 Å². The van der Waals surface area contributed by atoms with Gasteiger partial charge in [-0.25, -0.2) is 8.42 Å². The van der Waals surface area contributed by atoms with E-state index < -0.39 is 36.0 Å². The van der Waals surface area contributed by atoms with Crippen molar-refractivity contribution in [3.05, 3.63) is 24.3 Å². The standard InChI is InChI=1S/C16H23N7O8S3/c1-32(24,25)23-8-6-22(7-9-23)16-20-14(17-5-10-33(26,27)28)19-15(21-16)18-12-3-2-4-13(11-12)34(29,30)31/h2-4,11H,5-10H2,1H3,(H,26,27,28)(H,29,30,31)(H2,17,18,19,20,21). The summed E-state index contributed by atoms with van der Waals surface area (Å²) in [6.45, 7) is 0.755. The van der Waals surface area contributed by atoms with Crippen molar-refractivity contribution < 1.29 is 34.4 Å². The largest absolute Gasteiger partial charge is 0.353 e. The lowest BCUT2D eigenvalue weighted by molar-refractivity contribution is 0.385. The fourth-order valence-electron chi connectivity index (χ4n) is 3.02.